The van der Waals surface area contributed by atoms with Crippen molar-refractivity contribution in [1.82, 2.24) is 5.32 Å². The molecule has 4 aromatic rings. The molecule has 0 saturated heterocycles. The topological polar surface area (TPSA) is 94.8 Å². The van der Waals surface area contributed by atoms with Crippen LogP contribution in [0.3, 0.4) is 0 Å². The minimum absolute atomic E-state index is 0.0648. The normalized spacial score (nSPS) is 10.7. The number of esters is 1. The summed E-state index contributed by atoms with van der Waals surface area (Å²) >= 11 is 0. The molecule has 0 bridgehead atoms. The molecule has 1 aromatic heterocycles. The number of carbonyl (C=O) groups excluding carboxylic acids is 2. The molecular formula is C28H25NO6. The molecule has 0 unspecified atom stereocenters. The summed E-state index contributed by atoms with van der Waals surface area (Å²) < 4.78 is 16.1. The molecule has 0 spiro atoms. The van der Waals surface area contributed by atoms with Crippen LogP contribution in [0.2, 0.25) is 0 Å². The van der Waals surface area contributed by atoms with E-state index in [1.807, 2.05) is 49.4 Å². The van der Waals surface area contributed by atoms with Gasteiger partial charge in [-0.25, -0.2) is 9.59 Å². The molecule has 0 aliphatic carbocycles. The second kappa shape index (κ2) is 11.2. The highest BCUT2D eigenvalue weighted by molar-refractivity contribution is 5.96. The average Bonchev–Trinajstić information content (AvgIpc) is 2.88. The van der Waals surface area contributed by atoms with Crippen molar-refractivity contribution in [3.05, 3.63) is 94.8 Å². The van der Waals surface area contributed by atoms with Crippen molar-refractivity contribution in [3.63, 3.8) is 0 Å². The Labute approximate surface area is 202 Å². The van der Waals surface area contributed by atoms with Crippen LogP contribution in [-0.4, -0.2) is 25.0 Å². The van der Waals surface area contributed by atoms with E-state index < -0.39 is 17.5 Å². The Hall–Kier alpha value is -4.39. The maximum atomic E-state index is 12.3. The van der Waals surface area contributed by atoms with Crippen molar-refractivity contribution in [2.24, 2.45) is 0 Å². The van der Waals surface area contributed by atoms with Crippen LogP contribution in [0.4, 0.5) is 0 Å². The fourth-order valence-electron chi connectivity index (χ4n) is 3.46. The van der Waals surface area contributed by atoms with Crippen LogP contribution in [-0.2, 0) is 4.79 Å². The Morgan fingerprint density at radius 3 is 2.34 bits per heavy atom. The fraction of sp³-hybridized carbons (Fsp3) is 0.179. The van der Waals surface area contributed by atoms with Crippen LogP contribution in [0.25, 0.3) is 22.1 Å². The third kappa shape index (κ3) is 6.14. The molecule has 0 fully saturated rings. The Kier molecular flexibility index (Phi) is 7.57. The minimum Gasteiger partial charge on any atom is -0.482 e. The summed E-state index contributed by atoms with van der Waals surface area (Å²) in [5.41, 5.74) is 1.52. The van der Waals surface area contributed by atoms with Gasteiger partial charge in [-0.05, 0) is 47.9 Å². The van der Waals surface area contributed by atoms with Gasteiger partial charge >= 0.3 is 11.6 Å². The molecule has 1 amide bonds. The van der Waals surface area contributed by atoms with Crippen molar-refractivity contribution in [3.8, 4) is 22.6 Å². The van der Waals surface area contributed by atoms with Gasteiger partial charge in [0, 0.05) is 18.0 Å². The maximum Gasteiger partial charge on any atom is 0.349 e. The van der Waals surface area contributed by atoms with Crippen LogP contribution in [0.15, 0.2) is 88.1 Å². The third-order valence-corrected chi connectivity index (χ3v) is 5.32. The Morgan fingerprint density at radius 2 is 1.60 bits per heavy atom. The predicted octanol–water partition coefficient (Wildman–Crippen LogP) is 4.97. The van der Waals surface area contributed by atoms with Gasteiger partial charge in [0.15, 0.2) is 6.61 Å². The van der Waals surface area contributed by atoms with Crippen molar-refractivity contribution >= 4 is 22.8 Å². The molecular weight excluding hydrogens is 446 g/mol. The van der Waals surface area contributed by atoms with Gasteiger partial charge in [0.25, 0.3) is 5.91 Å². The molecule has 7 nitrogen and oxygen atoms in total. The lowest BCUT2D eigenvalue weighted by Crippen LogP contribution is -2.28. The number of amides is 1. The fourth-order valence-corrected chi connectivity index (χ4v) is 3.46. The summed E-state index contributed by atoms with van der Waals surface area (Å²) in [7, 11) is 0. The monoisotopic (exact) mass is 471 g/mol. The second-order valence-electron chi connectivity index (χ2n) is 7.91. The molecule has 35 heavy (non-hydrogen) atoms. The second-order valence-corrected chi connectivity index (χ2v) is 7.91. The number of ether oxygens (including phenoxy) is 2. The molecule has 3 aromatic carbocycles. The SMILES string of the molecule is CCCCNC(=O)c1cc2ccc(OC(=O)COc3ccc(-c4ccccc4)cc3)cc2oc1=O. The van der Waals surface area contributed by atoms with Crippen LogP contribution in [0, 0.1) is 0 Å². The molecule has 4 rings (SSSR count). The zero-order chi connectivity index (χ0) is 24.6. The van der Waals surface area contributed by atoms with E-state index in [4.69, 9.17) is 13.9 Å². The zero-order valence-corrected chi connectivity index (χ0v) is 19.3. The van der Waals surface area contributed by atoms with E-state index in [0.29, 0.717) is 17.7 Å². The van der Waals surface area contributed by atoms with E-state index in [9.17, 15) is 14.4 Å². The van der Waals surface area contributed by atoms with Gasteiger partial charge in [0.05, 0.1) is 0 Å². The van der Waals surface area contributed by atoms with Gasteiger partial charge in [0.1, 0.15) is 22.6 Å². The van der Waals surface area contributed by atoms with Crippen LogP contribution in [0.1, 0.15) is 30.1 Å². The first kappa shape index (κ1) is 23.8. The molecule has 0 atom stereocenters. The zero-order valence-electron chi connectivity index (χ0n) is 19.3. The van der Waals surface area contributed by atoms with E-state index in [2.05, 4.69) is 5.32 Å². The summed E-state index contributed by atoms with van der Waals surface area (Å²) in [6.07, 6.45) is 1.75. The number of unbranched alkanes of at least 4 members (excludes halogenated alkanes) is 1. The largest absolute Gasteiger partial charge is 0.482 e. The molecule has 1 N–H and O–H groups in total. The first-order chi connectivity index (χ1) is 17.0. The van der Waals surface area contributed by atoms with E-state index >= 15 is 0 Å². The number of carbonyl (C=O) groups is 2. The summed E-state index contributed by atoms with van der Waals surface area (Å²) in [5, 5.41) is 3.24. The molecule has 178 valence electrons. The molecule has 0 aliphatic rings. The number of rotatable bonds is 9. The van der Waals surface area contributed by atoms with E-state index in [0.717, 1.165) is 24.0 Å². The highest BCUT2D eigenvalue weighted by Crippen LogP contribution is 2.23. The number of fused-ring (bicyclic) bond motifs is 1. The number of hydrogen-bond acceptors (Lipinski definition) is 6. The van der Waals surface area contributed by atoms with Crippen molar-refractivity contribution in [2.45, 2.75) is 19.8 Å². The van der Waals surface area contributed by atoms with E-state index in [-0.39, 0.29) is 23.5 Å². The van der Waals surface area contributed by atoms with Crippen molar-refractivity contribution in [2.75, 3.05) is 13.2 Å². The highest BCUT2D eigenvalue weighted by Gasteiger charge is 2.14. The first-order valence-corrected chi connectivity index (χ1v) is 11.4. The predicted molar refractivity (Wildman–Crippen MR) is 133 cm³/mol. The van der Waals surface area contributed by atoms with Gasteiger partial charge in [-0.2, -0.15) is 0 Å². The summed E-state index contributed by atoms with van der Waals surface area (Å²) in [6.45, 7) is 2.21. The smallest absolute Gasteiger partial charge is 0.349 e. The summed E-state index contributed by atoms with van der Waals surface area (Å²) in [5.74, 6) is -0.339. The highest BCUT2D eigenvalue weighted by atomic mass is 16.6. The summed E-state index contributed by atoms with van der Waals surface area (Å²) in [4.78, 5) is 36.7. The number of benzene rings is 3. The lowest BCUT2D eigenvalue weighted by atomic mass is 10.1. The van der Waals surface area contributed by atoms with Gasteiger partial charge in [-0.15, -0.1) is 0 Å². The standard InChI is InChI=1S/C28H25NO6/c1-2-3-15-29-27(31)24-16-21-11-14-23(17-25(21)35-28(24)32)34-26(30)18-33-22-12-9-20(10-13-22)19-7-5-4-6-8-19/h4-14,16-17H,2-3,15,18H2,1H3,(H,29,31). The van der Waals surface area contributed by atoms with Crippen LogP contribution in [0.5, 0.6) is 11.5 Å². The number of nitrogens with one attached hydrogen (secondary N) is 1. The molecule has 1 heterocycles. The minimum atomic E-state index is -0.753. The first-order valence-electron chi connectivity index (χ1n) is 11.4. The number of hydrogen-bond donors (Lipinski definition) is 1. The van der Waals surface area contributed by atoms with Gasteiger partial charge in [0.2, 0.25) is 0 Å². The molecule has 0 saturated carbocycles. The van der Waals surface area contributed by atoms with E-state index in [1.165, 1.54) is 12.1 Å². The Balaban J connectivity index is 1.36. The third-order valence-electron chi connectivity index (χ3n) is 5.32. The lowest BCUT2D eigenvalue weighted by Gasteiger charge is -2.09. The van der Waals surface area contributed by atoms with E-state index in [1.54, 1.807) is 24.3 Å². The Morgan fingerprint density at radius 1 is 0.886 bits per heavy atom. The van der Waals surface area contributed by atoms with Gasteiger partial charge in [-0.1, -0.05) is 55.8 Å². The quantitative estimate of drug-likeness (QED) is 0.160. The molecule has 7 heteroatoms. The van der Waals surface area contributed by atoms with Gasteiger partial charge in [-0.3, -0.25) is 4.79 Å². The van der Waals surface area contributed by atoms with Crippen LogP contribution < -0.4 is 20.4 Å². The van der Waals surface area contributed by atoms with Crippen molar-refractivity contribution in [1.29, 1.82) is 0 Å². The average molecular weight is 472 g/mol. The molecule has 0 radical (unpaired) electrons. The maximum absolute atomic E-state index is 12.3. The summed E-state index contributed by atoms with van der Waals surface area (Å²) in [6, 6.07) is 23.4. The lowest BCUT2D eigenvalue weighted by molar-refractivity contribution is -0.136. The van der Waals surface area contributed by atoms with Crippen molar-refractivity contribution < 1.29 is 23.5 Å². The molecule has 0 aliphatic heterocycles. The van der Waals surface area contributed by atoms with Crippen LogP contribution >= 0.6 is 0 Å². The Bertz CT molecular complexity index is 1380. The van der Waals surface area contributed by atoms with Gasteiger partial charge < -0.3 is 19.2 Å².